The molecule has 0 aliphatic heterocycles. The van der Waals surface area contributed by atoms with Crippen LogP contribution in [0.25, 0.3) is 0 Å². The van der Waals surface area contributed by atoms with Crippen LogP contribution in [0.2, 0.25) is 0 Å². The number of carbonyl (C=O) groups excluding carboxylic acids is 1. The molecule has 0 radical (unpaired) electrons. The maximum atomic E-state index is 12.1. The van der Waals surface area contributed by atoms with Gasteiger partial charge in [-0.2, -0.15) is 0 Å². The smallest absolute Gasteiger partial charge is 0.255 e. The summed E-state index contributed by atoms with van der Waals surface area (Å²) in [4.78, 5) is 12.1. The second-order valence-electron chi connectivity index (χ2n) is 4.23. The molecule has 0 spiro atoms. The van der Waals surface area contributed by atoms with Crippen molar-refractivity contribution in [2.45, 2.75) is 19.9 Å². The number of nitrogens with one attached hydrogen (secondary N) is 2. The number of likely N-dealkylation sites (N-methyl/N-ethyl adjacent to an activating group) is 1. The lowest BCUT2D eigenvalue weighted by atomic mass is 10.1. The van der Waals surface area contributed by atoms with Gasteiger partial charge in [0.15, 0.2) is 0 Å². The Labute approximate surface area is 126 Å². The number of ether oxygens (including phenoxy) is 2. The summed E-state index contributed by atoms with van der Waals surface area (Å²) in [6.45, 7) is 5.49. The number of hydrogen-bond acceptors (Lipinski definition) is 4. The van der Waals surface area contributed by atoms with Gasteiger partial charge in [-0.3, -0.25) is 4.79 Å². The van der Waals surface area contributed by atoms with Gasteiger partial charge >= 0.3 is 0 Å². The van der Waals surface area contributed by atoms with E-state index in [1.807, 2.05) is 13.8 Å². The summed E-state index contributed by atoms with van der Waals surface area (Å²) < 4.78 is 10.3. The van der Waals surface area contributed by atoms with Crippen molar-refractivity contribution in [1.29, 1.82) is 0 Å². The van der Waals surface area contributed by atoms with Gasteiger partial charge < -0.3 is 20.1 Å². The van der Waals surface area contributed by atoms with Crippen LogP contribution in [0.4, 0.5) is 0 Å². The van der Waals surface area contributed by atoms with E-state index >= 15 is 0 Å². The van der Waals surface area contributed by atoms with E-state index in [9.17, 15) is 4.79 Å². The van der Waals surface area contributed by atoms with Gasteiger partial charge in [0.25, 0.3) is 5.91 Å². The first-order valence-corrected chi connectivity index (χ1v) is 6.36. The molecule has 114 valence electrons. The lowest BCUT2D eigenvalue weighted by Crippen LogP contribution is -2.38. The minimum Gasteiger partial charge on any atom is -0.497 e. The minimum absolute atomic E-state index is 0. The van der Waals surface area contributed by atoms with Crippen molar-refractivity contribution in [1.82, 2.24) is 10.6 Å². The zero-order valence-electron chi connectivity index (χ0n) is 12.4. The summed E-state index contributed by atoms with van der Waals surface area (Å²) >= 11 is 0. The topological polar surface area (TPSA) is 59.6 Å². The lowest BCUT2D eigenvalue weighted by Gasteiger charge is -2.15. The Kier molecular flexibility index (Phi) is 8.76. The summed E-state index contributed by atoms with van der Waals surface area (Å²) in [6, 6.07) is 5.38. The van der Waals surface area contributed by atoms with Gasteiger partial charge in [0.2, 0.25) is 0 Å². The first kappa shape index (κ1) is 18.5. The van der Waals surface area contributed by atoms with E-state index in [2.05, 4.69) is 10.6 Å². The monoisotopic (exact) mass is 302 g/mol. The maximum Gasteiger partial charge on any atom is 0.255 e. The quantitative estimate of drug-likeness (QED) is 0.807. The highest BCUT2D eigenvalue weighted by Gasteiger charge is 2.14. The Morgan fingerprint density at radius 3 is 2.55 bits per heavy atom. The van der Waals surface area contributed by atoms with Crippen molar-refractivity contribution in [3.05, 3.63) is 23.8 Å². The Hall–Kier alpha value is -1.46. The highest BCUT2D eigenvalue weighted by atomic mass is 35.5. The van der Waals surface area contributed by atoms with Gasteiger partial charge in [-0.25, -0.2) is 0 Å². The van der Waals surface area contributed by atoms with Gasteiger partial charge in [-0.05, 0) is 31.7 Å². The van der Waals surface area contributed by atoms with E-state index in [0.717, 1.165) is 6.54 Å². The summed E-state index contributed by atoms with van der Waals surface area (Å²) in [5.74, 6) is 1.00. The molecular formula is C14H23ClN2O3. The molecule has 0 saturated carbocycles. The molecule has 2 N–H and O–H groups in total. The van der Waals surface area contributed by atoms with Crippen molar-refractivity contribution in [3.8, 4) is 11.5 Å². The summed E-state index contributed by atoms with van der Waals surface area (Å²) in [5.41, 5.74) is 0.477. The van der Waals surface area contributed by atoms with Gasteiger partial charge in [-0.15, -0.1) is 12.4 Å². The van der Waals surface area contributed by atoms with E-state index in [4.69, 9.17) is 9.47 Å². The minimum atomic E-state index is -0.166. The summed E-state index contributed by atoms with van der Waals surface area (Å²) in [6.07, 6.45) is 0. The van der Waals surface area contributed by atoms with E-state index in [-0.39, 0.29) is 24.4 Å². The molecule has 0 aliphatic carbocycles. The predicted molar refractivity (Wildman–Crippen MR) is 82.3 cm³/mol. The molecule has 20 heavy (non-hydrogen) atoms. The molecule has 1 aromatic rings. The van der Waals surface area contributed by atoms with E-state index in [0.29, 0.717) is 23.6 Å². The Morgan fingerprint density at radius 2 is 2.00 bits per heavy atom. The molecular weight excluding hydrogens is 280 g/mol. The standard InChI is InChI=1S/C14H22N2O3.ClH/c1-5-15-10(2)9-16-14(17)12-8-11(18-3)6-7-13(12)19-4;/h6-8,10,15H,5,9H2,1-4H3,(H,16,17);1H/t10-;/m1./s1. The van der Waals surface area contributed by atoms with Crippen LogP contribution < -0.4 is 20.1 Å². The highest BCUT2D eigenvalue weighted by molar-refractivity contribution is 5.97. The third-order valence-electron chi connectivity index (χ3n) is 2.77. The second kappa shape index (κ2) is 9.44. The van der Waals surface area contributed by atoms with Gasteiger partial charge in [0, 0.05) is 12.6 Å². The largest absolute Gasteiger partial charge is 0.497 e. The Balaban J connectivity index is 0.00000361. The number of halogens is 1. The van der Waals surface area contributed by atoms with Crippen molar-refractivity contribution in [3.63, 3.8) is 0 Å². The van der Waals surface area contributed by atoms with E-state index < -0.39 is 0 Å². The number of hydrogen-bond donors (Lipinski definition) is 2. The predicted octanol–water partition coefficient (Wildman–Crippen LogP) is 1.85. The number of amides is 1. The molecule has 0 bridgehead atoms. The molecule has 1 atom stereocenters. The van der Waals surface area contributed by atoms with Crippen LogP contribution in [0.5, 0.6) is 11.5 Å². The van der Waals surface area contributed by atoms with Crippen LogP contribution in [-0.2, 0) is 0 Å². The van der Waals surface area contributed by atoms with Gasteiger partial charge in [0.05, 0.1) is 19.8 Å². The van der Waals surface area contributed by atoms with Crippen LogP contribution in [0.15, 0.2) is 18.2 Å². The molecule has 0 aliphatic rings. The molecule has 0 unspecified atom stereocenters. The molecule has 0 saturated heterocycles. The SMILES string of the molecule is CCN[C@H](C)CNC(=O)c1cc(OC)ccc1OC.Cl. The first-order valence-electron chi connectivity index (χ1n) is 6.36. The second-order valence-corrected chi connectivity index (χ2v) is 4.23. The maximum absolute atomic E-state index is 12.1. The zero-order valence-corrected chi connectivity index (χ0v) is 13.2. The fraction of sp³-hybridized carbons (Fsp3) is 0.500. The summed E-state index contributed by atoms with van der Waals surface area (Å²) in [7, 11) is 3.11. The summed E-state index contributed by atoms with van der Waals surface area (Å²) in [5, 5.41) is 6.11. The van der Waals surface area contributed by atoms with E-state index in [1.54, 1.807) is 32.4 Å². The number of benzene rings is 1. The third-order valence-corrected chi connectivity index (χ3v) is 2.77. The number of rotatable bonds is 7. The van der Waals surface area contributed by atoms with Crippen LogP contribution in [0.1, 0.15) is 24.2 Å². The lowest BCUT2D eigenvalue weighted by molar-refractivity contribution is 0.0947. The molecule has 5 nitrogen and oxygen atoms in total. The van der Waals surface area contributed by atoms with Crippen molar-refractivity contribution >= 4 is 18.3 Å². The highest BCUT2D eigenvalue weighted by Crippen LogP contribution is 2.23. The molecule has 1 aromatic carbocycles. The van der Waals surface area contributed by atoms with Gasteiger partial charge in [0.1, 0.15) is 11.5 Å². The zero-order chi connectivity index (χ0) is 14.3. The number of methoxy groups -OCH3 is 2. The normalized spacial score (nSPS) is 11.2. The van der Waals surface area contributed by atoms with Gasteiger partial charge in [-0.1, -0.05) is 6.92 Å². The first-order chi connectivity index (χ1) is 9.12. The molecule has 0 heterocycles. The van der Waals surface area contributed by atoms with Crippen LogP contribution >= 0.6 is 12.4 Å². The number of carbonyl (C=O) groups is 1. The van der Waals surface area contributed by atoms with Crippen molar-refractivity contribution in [2.75, 3.05) is 27.3 Å². The molecule has 6 heteroatoms. The third kappa shape index (κ3) is 5.27. The average molecular weight is 303 g/mol. The molecule has 1 amide bonds. The molecule has 0 fully saturated rings. The average Bonchev–Trinajstić information content (AvgIpc) is 2.44. The van der Waals surface area contributed by atoms with Crippen LogP contribution in [0, 0.1) is 0 Å². The Bertz CT molecular complexity index is 427. The molecule has 0 aromatic heterocycles. The van der Waals surface area contributed by atoms with Crippen molar-refractivity contribution in [2.24, 2.45) is 0 Å². The molecule has 1 rings (SSSR count). The van der Waals surface area contributed by atoms with E-state index in [1.165, 1.54) is 0 Å². The van der Waals surface area contributed by atoms with Crippen LogP contribution in [-0.4, -0.2) is 39.3 Å². The van der Waals surface area contributed by atoms with Crippen molar-refractivity contribution < 1.29 is 14.3 Å². The fourth-order valence-electron chi connectivity index (χ4n) is 1.75. The van der Waals surface area contributed by atoms with Crippen LogP contribution in [0.3, 0.4) is 0 Å². The Morgan fingerprint density at radius 1 is 1.30 bits per heavy atom. The fourth-order valence-corrected chi connectivity index (χ4v) is 1.75.